The first-order valence-corrected chi connectivity index (χ1v) is 12.6. The highest BCUT2D eigenvalue weighted by atomic mass is 15.1. The molecule has 0 aliphatic heterocycles. The van der Waals surface area contributed by atoms with Crippen molar-refractivity contribution in [2.24, 2.45) is 7.05 Å². The molecule has 0 aliphatic rings. The summed E-state index contributed by atoms with van der Waals surface area (Å²) < 4.78 is 5.95. The molecule has 194 valence electrons. The van der Waals surface area contributed by atoms with Crippen molar-refractivity contribution in [3.63, 3.8) is 0 Å². The minimum Gasteiger partial charge on any atom is -0.300 e. The molecule has 0 fully saturated rings. The fraction of sp³-hybridized carbons (Fsp3) is 0.0909. The van der Waals surface area contributed by atoms with E-state index in [1.54, 1.807) is 30.6 Å². The number of fused-ring (bicyclic) bond motifs is 2. The summed E-state index contributed by atoms with van der Waals surface area (Å²) >= 11 is 0. The first kappa shape index (κ1) is 26.4. The van der Waals surface area contributed by atoms with Gasteiger partial charge in [-0.15, -0.1) is 0 Å². The van der Waals surface area contributed by atoms with Gasteiger partial charge in [-0.25, -0.2) is 19.2 Å². The Morgan fingerprint density at radius 2 is 1.15 bits per heavy atom. The van der Waals surface area contributed by atoms with E-state index in [1.807, 2.05) is 64.3 Å². The maximum atomic E-state index is 7.24. The van der Waals surface area contributed by atoms with Crippen molar-refractivity contribution in [1.29, 1.82) is 0 Å². The average Bonchev–Trinajstić information content (AvgIpc) is 3.55. The Bertz CT molecular complexity index is 2140. The van der Waals surface area contributed by atoms with Crippen molar-refractivity contribution in [2.75, 3.05) is 0 Å². The topological polar surface area (TPSA) is 44.1 Å². The second-order valence-corrected chi connectivity index (χ2v) is 9.50. The van der Waals surface area contributed by atoms with Gasteiger partial charge >= 0.3 is 0 Å². The second-order valence-electron chi connectivity index (χ2n) is 9.50. The van der Waals surface area contributed by atoms with Crippen LogP contribution in [0.2, 0.25) is 0 Å². The zero-order valence-corrected chi connectivity index (χ0v) is 22.7. The van der Waals surface area contributed by atoms with E-state index in [9.17, 15) is 0 Å². The SMILES string of the molecule is [C-]#[N+]c1cc2c(cc1[N+]#[C-])[n+](C)cn2-c1cccc(C)c1.[C-]#[N+]c1cc2ncn(-c3cccc(C)c3)c2cc1[N+]#[C-]. The lowest BCUT2D eigenvalue weighted by Crippen LogP contribution is -2.25. The first-order valence-electron chi connectivity index (χ1n) is 12.6. The molecule has 2 aromatic heterocycles. The molecule has 0 atom stereocenters. The van der Waals surface area contributed by atoms with Gasteiger partial charge in [-0.3, -0.25) is 9.69 Å². The third-order valence-electron chi connectivity index (χ3n) is 6.68. The van der Waals surface area contributed by atoms with Crippen LogP contribution in [0.4, 0.5) is 22.7 Å². The van der Waals surface area contributed by atoms with Crippen LogP contribution in [0.25, 0.3) is 52.8 Å². The minimum atomic E-state index is 0.349. The normalized spacial score (nSPS) is 10.2. The number of rotatable bonds is 2. The van der Waals surface area contributed by atoms with Crippen LogP contribution in [0.3, 0.4) is 0 Å². The van der Waals surface area contributed by atoms with Crippen LogP contribution in [-0.4, -0.2) is 14.1 Å². The maximum absolute atomic E-state index is 7.24. The summed E-state index contributed by atoms with van der Waals surface area (Å²) in [6, 6.07) is 23.2. The smallest absolute Gasteiger partial charge is 0.249 e. The molecule has 0 saturated heterocycles. The van der Waals surface area contributed by atoms with Crippen LogP contribution in [0, 0.1) is 40.1 Å². The van der Waals surface area contributed by atoms with E-state index < -0.39 is 0 Å². The van der Waals surface area contributed by atoms with Crippen LogP contribution in [-0.2, 0) is 7.05 Å². The van der Waals surface area contributed by atoms with Crippen LogP contribution < -0.4 is 4.57 Å². The van der Waals surface area contributed by atoms with Gasteiger partial charge in [-0.1, -0.05) is 24.3 Å². The van der Waals surface area contributed by atoms with Crippen molar-refractivity contribution in [3.05, 3.63) is 142 Å². The molecule has 2 heterocycles. The van der Waals surface area contributed by atoms with E-state index in [1.165, 1.54) is 5.56 Å². The van der Waals surface area contributed by atoms with Crippen molar-refractivity contribution in [3.8, 4) is 11.4 Å². The number of aryl methyl sites for hydroxylation is 3. The Hall–Kier alpha value is -6.22. The van der Waals surface area contributed by atoms with Crippen molar-refractivity contribution in [1.82, 2.24) is 14.1 Å². The molecular weight excluding hydrogens is 508 g/mol. The first-order chi connectivity index (χ1) is 19.9. The molecule has 4 aromatic carbocycles. The van der Waals surface area contributed by atoms with E-state index in [-0.39, 0.29) is 0 Å². The van der Waals surface area contributed by atoms with Crippen molar-refractivity contribution >= 4 is 44.8 Å². The van der Waals surface area contributed by atoms with Gasteiger partial charge in [0.05, 0.1) is 44.4 Å². The number of hydrogen-bond acceptors (Lipinski definition) is 1. The van der Waals surface area contributed by atoms with Gasteiger partial charge in [-0.05, 0) is 73.5 Å². The molecule has 0 spiro atoms. The molecule has 0 radical (unpaired) electrons. The number of nitrogens with zero attached hydrogens (tertiary/aromatic N) is 8. The highest BCUT2D eigenvalue weighted by Crippen LogP contribution is 2.34. The van der Waals surface area contributed by atoms with Gasteiger partial charge < -0.3 is 4.57 Å². The maximum Gasteiger partial charge on any atom is 0.249 e. The van der Waals surface area contributed by atoms with Crippen LogP contribution in [0.5, 0.6) is 0 Å². The Labute approximate surface area is 237 Å². The van der Waals surface area contributed by atoms with E-state index in [4.69, 9.17) is 26.3 Å². The lowest BCUT2D eigenvalue weighted by molar-refractivity contribution is -0.645. The zero-order valence-electron chi connectivity index (χ0n) is 22.7. The van der Waals surface area contributed by atoms with Crippen molar-refractivity contribution < 1.29 is 4.57 Å². The Kier molecular flexibility index (Phi) is 7.00. The summed E-state index contributed by atoms with van der Waals surface area (Å²) in [6.45, 7) is 32.8. The molecule has 0 N–H and O–H groups in total. The van der Waals surface area contributed by atoms with E-state index in [2.05, 4.69) is 49.5 Å². The Morgan fingerprint density at radius 3 is 1.71 bits per heavy atom. The van der Waals surface area contributed by atoms with E-state index >= 15 is 0 Å². The summed E-state index contributed by atoms with van der Waals surface area (Å²) in [4.78, 5) is 18.0. The predicted molar refractivity (Wildman–Crippen MR) is 160 cm³/mol. The molecule has 6 rings (SSSR count). The minimum absolute atomic E-state index is 0.349. The molecule has 0 saturated carbocycles. The standard InChI is InChI=1S/C17H13N4.C16H10N4/c1-12-6-5-7-13(8-12)21-11-20(4)16-9-14(18-2)15(19-3)10-17(16)21;1-11-5-4-6-12(7-11)20-10-19-15-8-13(17-2)14(18-3)9-16(15)20/h5-11H,1,4H3;4-10H,1H3/q+1;. The summed E-state index contributed by atoms with van der Waals surface area (Å²) in [5, 5.41) is 0. The van der Waals surface area contributed by atoms with Crippen LogP contribution in [0.1, 0.15) is 11.1 Å². The highest BCUT2D eigenvalue weighted by molar-refractivity contribution is 5.90. The molecule has 6 aromatic rings. The van der Waals surface area contributed by atoms with Gasteiger partial charge in [0.2, 0.25) is 6.33 Å². The molecule has 0 aliphatic carbocycles. The van der Waals surface area contributed by atoms with Gasteiger partial charge in [0.25, 0.3) is 0 Å². The molecule has 0 amide bonds. The quantitative estimate of drug-likeness (QED) is 0.164. The fourth-order valence-electron chi connectivity index (χ4n) is 4.69. The van der Waals surface area contributed by atoms with Gasteiger partial charge in [0.15, 0.2) is 33.8 Å². The molecule has 8 heteroatoms. The fourth-order valence-corrected chi connectivity index (χ4v) is 4.69. The van der Waals surface area contributed by atoms with Gasteiger partial charge in [0.1, 0.15) is 12.0 Å². The number of hydrogen-bond donors (Lipinski definition) is 0. The average molecular weight is 532 g/mol. The van der Waals surface area contributed by atoms with E-state index in [0.29, 0.717) is 22.7 Å². The molecule has 0 unspecified atom stereocenters. The summed E-state index contributed by atoms with van der Waals surface area (Å²) in [5.41, 5.74) is 9.33. The number of aromatic nitrogens is 4. The molecule has 41 heavy (non-hydrogen) atoms. The van der Waals surface area contributed by atoms with Crippen LogP contribution >= 0.6 is 0 Å². The van der Waals surface area contributed by atoms with Gasteiger partial charge in [0, 0.05) is 5.69 Å². The van der Waals surface area contributed by atoms with Gasteiger partial charge in [-0.2, -0.15) is 4.57 Å². The monoisotopic (exact) mass is 531 g/mol. The van der Waals surface area contributed by atoms with Crippen LogP contribution in [0.15, 0.2) is 85.5 Å². The number of benzene rings is 4. The third kappa shape index (κ3) is 4.98. The Balaban J connectivity index is 0.000000165. The summed E-state index contributed by atoms with van der Waals surface area (Å²) in [7, 11) is 1.94. The largest absolute Gasteiger partial charge is 0.300 e. The van der Waals surface area contributed by atoms with Crippen molar-refractivity contribution in [2.45, 2.75) is 13.8 Å². The third-order valence-corrected chi connectivity index (χ3v) is 6.68. The molecule has 8 nitrogen and oxygen atoms in total. The Morgan fingerprint density at radius 1 is 0.634 bits per heavy atom. The number of imidazole rings is 2. The summed E-state index contributed by atoms with van der Waals surface area (Å²) in [6.07, 6.45) is 3.70. The lowest BCUT2D eigenvalue weighted by Gasteiger charge is -2.06. The lowest BCUT2D eigenvalue weighted by atomic mass is 10.2. The second kappa shape index (κ2) is 10.9. The molecular formula is C33H23N8+. The van der Waals surface area contributed by atoms with E-state index in [0.717, 1.165) is 39.0 Å². The molecule has 0 bridgehead atoms. The highest BCUT2D eigenvalue weighted by Gasteiger charge is 2.18. The summed E-state index contributed by atoms with van der Waals surface area (Å²) in [5.74, 6) is 0. The predicted octanol–water partition coefficient (Wildman–Crippen LogP) is 8.30. The zero-order chi connectivity index (χ0) is 29.1.